The van der Waals surface area contributed by atoms with Crippen LogP contribution in [0.15, 0.2) is 30.9 Å². The van der Waals surface area contributed by atoms with E-state index in [1.54, 1.807) is 0 Å². The fourth-order valence-corrected chi connectivity index (χ4v) is 3.22. The van der Waals surface area contributed by atoms with Crippen molar-refractivity contribution in [3.8, 4) is 0 Å². The average Bonchev–Trinajstić information content (AvgIpc) is 2.54. The molecule has 0 unspecified atom stereocenters. The van der Waals surface area contributed by atoms with Crippen LogP contribution in [0.1, 0.15) is 42.9 Å². The molecule has 7 heteroatoms. The van der Waals surface area contributed by atoms with E-state index in [0.717, 1.165) is 50.6 Å². The van der Waals surface area contributed by atoms with Crippen molar-refractivity contribution in [3.05, 3.63) is 47.8 Å². The zero-order valence-corrected chi connectivity index (χ0v) is 14.9. The summed E-state index contributed by atoms with van der Waals surface area (Å²) in [6.45, 7) is 6.47. The lowest BCUT2D eigenvalue weighted by Gasteiger charge is -2.36. The van der Waals surface area contributed by atoms with Crippen molar-refractivity contribution >= 4 is 12.4 Å². The van der Waals surface area contributed by atoms with Gasteiger partial charge in [0.15, 0.2) is 0 Å². The highest BCUT2D eigenvalue weighted by molar-refractivity contribution is 5.85. The molecule has 1 aliphatic heterocycles. The Hall–Kier alpha value is -1.11. The molecule has 1 heterocycles. The zero-order valence-electron chi connectivity index (χ0n) is 14.1. The van der Waals surface area contributed by atoms with E-state index in [2.05, 4.69) is 11.9 Å². The third kappa shape index (κ3) is 6.28. The van der Waals surface area contributed by atoms with Gasteiger partial charge in [0.1, 0.15) is 5.82 Å². The summed E-state index contributed by atoms with van der Waals surface area (Å²) in [5, 5.41) is 3.20. The van der Waals surface area contributed by atoms with E-state index >= 15 is 0 Å². The summed E-state index contributed by atoms with van der Waals surface area (Å²) in [6, 6.07) is 2.40. The molecule has 2 rings (SSSR count). The summed E-state index contributed by atoms with van der Waals surface area (Å²) in [6.07, 6.45) is 0.417. The molecule has 1 fully saturated rings. The first-order valence-corrected chi connectivity index (χ1v) is 8.36. The number of benzene rings is 1. The van der Waals surface area contributed by atoms with E-state index in [0.29, 0.717) is 19.5 Å². The Bertz CT molecular complexity index is 542. The van der Waals surface area contributed by atoms with Crippen LogP contribution in [0, 0.1) is 5.82 Å². The van der Waals surface area contributed by atoms with Crippen molar-refractivity contribution in [1.82, 2.24) is 10.2 Å². The van der Waals surface area contributed by atoms with Gasteiger partial charge in [0, 0.05) is 32.2 Å². The van der Waals surface area contributed by atoms with Crippen LogP contribution < -0.4 is 5.32 Å². The number of unbranched alkanes of at least 4 members (excludes halogenated alkanes) is 2. The third-order valence-electron chi connectivity index (χ3n) is 4.41. The van der Waals surface area contributed by atoms with Gasteiger partial charge in [0.2, 0.25) is 0 Å². The van der Waals surface area contributed by atoms with Crippen molar-refractivity contribution in [2.45, 2.75) is 37.9 Å². The highest BCUT2D eigenvalue weighted by Crippen LogP contribution is 2.38. The SMILES string of the molecule is C=CCCCC[C@H](c1cc(F)ccc1C(F)(F)F)N1CCNCC1.Cl. The molecule has 0 amide bonds. The molecule has 0 radical (unpaired) electrons. The second kappa shape index (κ2) is 10.1. The van der Waals surface area contributed by atoms with Crippen LogP contribution in [-0.2, 0) is 6.18 Å². The predicted molar refractivity (Wildman–Crippen MR) is 94.5 cm³/mol. The van der Waals surface area contributed by atoms with E-state index in [4.69, 9.17) is 0 Å². The van der Waals surface area contributed by atoms with Crippen LogP contribution in [0.5, 0.6) is 0 Å². The average molecular weight is 381 g/mol. The number of nitrogens with zero attached hydrogens (tertiary/aromatic N) is 1. The Morgan fingerprint density at radius 3 is 2.48 bits per heavy atom. The molecule has 0 bridgehead atoms. The number of hydrogen-bond acceptors (Lipinski definition) is 2. The molecule has 142 valence electrons. The zero-order chi connectivity index (χ0) is 17.6. The molecule has 1 aromatic rings. The fraction of sp³-hybridized carbons (Fsp3) is 0.556. The van der Waals surface area contributed by atoms with E-state index in [-0.39, 0.29) is 18.0 Å². The molecule has 0 spiro atoms. The Labute approximate surface area is 152 Å². The summed E-state index contributed by atoms with van der Waals surface area (Å²) in [5.41, 5.74) is -0.667. The number of alkyl halides is 3. The lowest BCUT2D eigenvalue weighted by molar-refractivity contribution is -0.138. The van der Waals surface area contributed by atoms with Gasteiger partial charge in [-0.2, -0.15) is 13.2 Å². The van der Waals surface area contributed by atoms with Crippen molar-refractivity contribution < 1.29 is 17.6 Å². The maximum absolute atomic E-state index is 13.7. The summed E-state index contributed by atoms with van der Waals surface area (Å²) in [7, 11) is 0. The van der Waals surface area contributed by atoms with Gasteiger partial charge >= 0.3 is 6.18 Å². The second-order valence-corrected chi connectivity index (χ2v) is 6.10. The molecule has 25 heavy (non-hydrogen) atoms. The van der Waals surface area contributed by atoms with E-state index in [1.165, 1.54) is 0 Å². The fourth-order valence-electron chi connectivity index (χ4n) is 3.22. The normalized spacial score (nSPS) is 17.0. The maximum Gasteiger partial charge on any atom is 0.416 e. The molecule has 0 aliphatic carbocycles. The van der Waals surface area contributed by atoms with Gasteiger partial charge in [0.05, 0.1) is 5.56 Å². The standard InChI is InChI=1S/C18H24F4N2.ClH/c1-2-3-4-5-6-17(24-11-9-23-10-12-24)15-13-14(19)7-8-16(15)18(20,21)22;/h2,7-8,13,17,23H,1,3-6,9-12H2;1H/t17-;/m1./s1. The summed E-state index contributed by atoms with van der Waals surface area (Å²) in [4.78, 5) is 2.04. The molecule has 2 nitrogen and oxygen atoms in total. The highest BCUT2D eigenvalue weighted by atomic mass is 35.5. The van der Waals surface area contributed by atoms with Crippen LogP contribution in [0.25, 0.3) is 0 Å². The molecule has 1 saturated heterocycles. The Morgan fingerprint density at radius 1 is 1.20 bits per heavy atom. The minimum atomic E-state index is -4.48. The van der Waals surface area contributed by atoms with Crippen LogP contribution in [0.2, 0.25) is 0 Å². The van der Waals surface area contributed by atoms with E-state index < -0.39 is 23.6 Å². The molecule has 1 aliphatic rings. The number of nitrogens with one attached hydrogen (secondary N) is 1. The second-order valence-electron chi connectivity index (χ2n) is 6.10. The van der Waals surface area contributed by atoms with Gasteiger partial charge in [-0.15, -0.1) is 19.0 Å². The Balaban J connectivity index is 0.00000312. The van der Waals surface area contributed by atoms with Gasteiger partial charge in [-0.3, -0.25) is 4.90 Å². The smallest absolute Gasteiger partial charge is 0.314 e. The monoisotopic (exact) mass is 380 g/mol. The number of rotatable bonds is 7. The van der Waals surface area contributed by atoms with Gasteiger partial charge in [-0.25, -0.2) is 4.39 Å². The van der Waals surface area contributed by atoms with Crippen LogP contribution in [0.4, 0.5) is 17.6 Å². The minimum Gasteiger partial charge on any atom is -0.314 e. The van der Waals surface area contributed by atoms with Crippen LogP contribution in [-0.4, -0.2) is 31.1 Å². The van der Waals surface area contributed by atoms with E-state index in [9.17, 15) is 17.6 Å². The summed E-state index contributed by atoms with van der Waals surface area (Å²) < 4.78 is 53.8. The highest BCUT2D eigenvalue weighted by Gasteiger charge is 2.36. The minimum absolute atomic E-state index is 0. The van der Waals surface area contributed by atoms with Crippen LogP contribution >= 0.6 is 12.4 Å². The quantitative estimate of drug-likeness (QED) is 0.408. The first kappa shape index (κ1) is 21.9. The van der Waals surface area contributed by atoms with Crippen molar-refractivity contribution in [1.29, 1.82) is 0 Å². The molecule has 1 atom stereocenters. The number of allylic oxidation sites excluding steroid dienone is 1. The molecular formula is C18H25ClF4N2. The van der Waals surface area contributed by atoms with Crippen LogP contribution in [0.3, 0.4) is 0 Å². The lowest BCUT2D eigenvalue weighted by Crippen LogP contribution is -2.45. The largest absolute Gasteiger partial charge is 0.416 e. The van der Waals surface area contributed by atoms with Gasteiger partial charge in [0.25, 0.3) is 0 Å². The molecule has 1 aromatic carbocycles. The van der Waals surface area contributed by atoms with E-state index in [1.807, 2.05) is 11.0 Å². The van der Waals surface area contributed by atoms with Crippen molar-refractivity contribution in [3.63, 3.8) is 0 Å². The molecular weight excluding hydrogens is 356 g/mol. The lowest BCUT2D eigenvalue weighted by atomic mass is 9.93. The Morgan fingerprint density at radius 2 is 1.88 bits per heavy atom. The van der Waals surface area contributed by atoms with Gasteiger partial charge in [-0.05, 0) is 43.0 Å². The third-order valence-corrected chi connectivity index (χ3v) is 4.41. The molecule has 0 aromatic heterocycles. The number of hydrogen-bond donors (Lipinski definition) is 1. The first-order chi connectivity index (χ1) is 11.4. The summed E-state index contributed by atoms with van der Waals surface area (Å²) in [5.74, 6) is -0.621. The van der Waals surface area contributed by atoms with Gasteiger partial charge < -0.3 is 5.32 Å². The maximum atomic E-state index is 13.7. The molecule has 1 N–H and O–H groups in total. The summed E-state index contributed by atoms with van der Waals surface area (Å²) >= 11 is 0. The van der Waals surface area contributed by atoms with Crippen molar-refractivity contribution in [2.24, 2.45) is 0 Å². The van der Waals surface area contributed by atoms with Gasteiger partial charge in [-0.1, -0.05) is 12.5 Å². The predicted octanol–water partition coefficient (Wildman–Crippen LogP) is 4.96. The first-order valence-electron chi connectivity index (χ1n) is 8.36. The Kier molecular flexibility index (Phi) is 8.89. The topological polar surface area (TPSA) is 15.3 Å². The number of piperazine rings is 1. The molecule has 0 saturated carbocycles. The van der Waals surface area contributed by atoms with Crippen molar-refractivity contribution in [2.75, 3.05) is 26.2 Å². The number of halogens is 5.